The minimum absolute atomic E-state index is 0.259. The lowest BCUT2D eigenvalue weighted by molar-refractivity contribution is 0.472. The van der Waals surface area contributed by atoms with Crippen LogP contribution in [0.2, 0.25) is 0 Å². The molecule has 2 nitrogen and oxygen atoms in total. The van der Waals surface area contributed by atoms with Gasteiger partial charge in [0.1, 0.15) is 5.01 Å². The number of aryl methyl sites for hydroxylation is 1. The first kappa shape index (κ1) is 13.1. The van der Waals surface area contributed by atoms with Crippen LogP contribution in [0.15, 0.2) is 23.6 Å². The van der Waals surface area contributed by atoms with E-state index in [1.165, 1.54) is 6.07 Å². The molecule has 5 heteroatoms. The summed E-state index contributed by atoms with van der Waals surface area (Å²) < 4.78 is 26.6. The molecule has 1 aromatic carbocycles. The Morgan fingerprint density at radius 1 is 1.39 bits per heavy atom. The summed E-state index contributed by atoms with van der Waals surface area (Å²) in [5.74, 6) is -1.60. The zero-order chi connectivity index (χ0) is 13.1. The number of aromatic nitrogens is 1. The van der Waals surface area contributed by atoms with Crippen LogP contribution in [0.1, 0.15) is 29.2 Å². The minimum atomic E-state index is -0.814. The molecule has 1 aromatic heterocycles. The van der Waals surface area contributed by atoms with Crippen LogP contribution in [0.25, 0.3) is 0 Å². The quantitative estimate of drug-likeness (QED) is 0.916. The van der Waals surface area contributed by atoms with Gasteiger partial charge in [0.05, 0.1) is 0 Å². The van der Waals surface area contributed by atoms with E-state index in [0.717, 1.165) is 16.8 Å². The lowest BCUT2D eigenvalue weighted by Crippen LogP contribution is -2.19. The molecule has 1 N–H and O–H groups in total. The highest BCUT2D eigenvalue weighted by Crippen LogP contribution is 2.19. The Labute approximate surface area is 109 Å². The van der Waals surface area contributed by atoms with Crippen molar-refractivity contribution in [1.29, 1.82) is 0 Å². The smallest absolute Gasteiger partial charge is 0.163 e. The van der Waals surface area contributed by atoms with Gasteiger partial charge in [-0.1, -0.05) is 12.1 Å². The summed E-state index contributed by atoms with van der Waals surface area (Å²) in [6.45, 7) is 4.28. The number of nitrogens with zero attached hydrogens (tertiary/aromatic N) is 1. The topological polar surface area (TPSA) is 24.9 Å². The highest BCUT2D eigenvalue weighted by atomic mass is 32.1. The molecule has 0 aliphatic rings. The van der Waals surface area contributed by atoms with Crippen molar-refractivity contribution in [2.75, 3.05) is 0 Å². The van der Waals surface area contributed by atoms with Crippen LogP contribution < -0.4 is 5.32 Å². The van der Waals surface area contributed by atoms with Gasteiger partial charge in [-0.2, -0.15) is 0 Å². The number of hydrogen-bond acceptors (Lipinski definition) is 3. The van der Waals surface area contributed by atoms with E-state index in [9.17, 15) is 8.78 Å². The first-order valence-corrected chi connectivity index (χ1v) is 6.54. The van der Waals surface area contributed by atoms with E-state index in [0.29, 0.717) is 12.1 Å². The van der Waals surface area contributed by atoms with Crippen molar-refractivity contribution in [1.82, 2.24) is 10.3 Å². The van der Waals surface area contributed by atoms with Crippen LogP contribution in [0, 0.1) is 18.6 Å². The second-order valence-corrected chi connectivity index (χ2v) is 5.07. The average molecular weight is 268 g/mol. The van der Waals surface area contributed by atoms with Crippen LogP contribution in [0.3, 0.4) is 0 Å². The van der Waals surface area contributed by atoms with Crippen LogP contribution >= 0.6 is 11.3 Å². The summed E-state index contributed by atoms with van der Waals surface area (Å²) in [7, 11) is 0. The number of halogens is 2. The number of hydrogen-bond donors (Lipinski definition) is 1. The van der Waals surface area contributed by atoms with Gasteiger partial charge in [0.25, 0.3) is 0 Å². The third kappa shape index (κ3) is 2.91. The van der Waals surface area contributed by atoms with Crippen molar-refractivity contribution >= 4 is 11.3 Å². The maximum Gasteiger partial charge on any atom is 0.163 e. The molecule has 2 aromatic rings. The van der Waals surface area contributed by atoms with Crippen LogP contribution in [0.4, 0.5) is 8.78 Å². The fourth-order valence-electron chi connectivity index (χ4n) is 1.69. The summed E-state index contributed by atoms with van der Waals surface area (Å²) in [6.07, 6.45) is 0. The Morgan fingerprint density at radius 3 is 2.83 bits per heavy atom. The van der Waals surface area contributed by atoms with E-state index < -0.39 is 11.6 Å². The van der Waals surface area contributed by atoms with Crippen molar-refractivity contribution in [3.63, 3.8) is 0 Å². The third-order valence-electron chi connectivity index (χ3n) is 2.67. The van der Waals surface area contributed by atoms with E-state index in [1.54, 1.807) is 24.3 Å². The van der Waals surface area contributed by atoms with E-state index in [1.807, 2.05) is 12.3 Å². The van der Waals surface area contributed by atoms with Crippen molar-refractivity contribution < 1.29 is 8.78 Å². The molecule has 0 saturated heterocycles. The number of benzene rings is 1. The summed E-state index contributed by atoms with van der Waals surface area (Å²) in [4.78, 5) is 4.30. The Bertz CT molecular complexity index is 540. The van der Waals surface area contributed by atoms with Gasteiger partial charge in [-0.05, 0) is 19.9 Å². The van der Waals surface area contributed by atoms with Gasteiger partial charge in [-0.25, -0.2) is 13.8 Å². The minimum Gasteiger partial charge on any atom is -0.304 e. The van der Waals surface area contributed by atoms with Gasteiger partial charge in [0.2, 0.25) is 0 Å². The Kier molecular flexibility index (Phi) is 4.04. The number of nitrogens with one attached hydrogen (secondary N) is 1. The third-order valence-corrected chi connectivity index (χ3v) is 3.64. The summed E-state index contributed by atoms with van der Waals surface area (Å²) in [5, 5.41) is 6.04. The van der Waals surface area contributed by atoms with Gasteiger partial charge in [0.15, 0.2) is 11.6 Å². The maximum atomic E-state index is 13.6. The molecule has 0 saturated carbocycles. The zero-order valence-corrected chi connectivity index (χ0v) is 11.0. The van der Waals surface area contributed by atoms with Gasteiger partial charge < -0.3 is 5.32 Å². The predicted octanol–water partition coefficient (Wildman–Crippen LogP) is 3.58. The maximum absolute atomic E-state index is 13.6. The fraction of sp³-hybridized carbons (Fsp3) is 0.308. The molecule has 0 aliphatic heterocycles. The van der Waals surface area contributed by atoms with Crippen molar-refractivity contribution in [2.24, 2.45) is 0 Å². The second kappa shape index (κ2) is 5.54. The molecular weight excluding hydrogens is 254 g/mol. The van der Waals surface area contributed by atoms with E-state index in [2.05, 4.69) is 10.3 Å². The predicted molar refractivity (Wildman–Crippen MR) is 68.5 cm³/mol. The largest absolute Gasteiger partial charge is 0.304 e. The monoisotopic (exact) mass is 268 g/mol. The van der Waals surface area contributed by atoms with Crippen molar-refractivity contribution in [3.05, 3.63) is 51.5 Å². The normalized spacial score (nSPS) is 12.7. The molecule has 18 heavy (non-hydrogen) atoms. The van der Waals surface area contributed by atoms with Crippen LogP contribution in [-0.2, 0) is 6.54 Å². The lowest BCUT2D eigenvalue weighted by atomic mass is 10.1. The van der Waals surface area contributed by atoms with E-state index in [4.69, 9.17) is 0 Å². The highest BCUT2D eigenvalue weighted by Gasteiger charge is 2.14. The van der Waals surface area contributed by atoms with Gasteiger partial charge >= 0.3 is 0 Å². The lowest BCUT2D eigenvalue weighted by Gasteiger charge is -2.14. The van der Waals surface area contributed by atoms with Gasteiger partial charge in [0, 0.05) is 29.2 Å². The summed E-state index contributed by atoms with van der Waals surface area (Å²) >= 11 is 1.55. The molecule has 96 valence electrons. The van der Waals surface area contributed by atoms with Gasteiger partial charge in [-0.15, -0.1) is 11.3 Å². The Hall–Kier alpha value is -1.33. The standard InChI is InChI=1S/C13H14F2N2S/c1-8-7-18-12(17-8)6-16-9(2)10-4-3-5-11(14)13(10)15/h3-5,7,9,16H,6H2,1-2H3. The van der Waals surface area contributed by atoms with Gasteiger partial charge in [-0.3, -0.25) is 0 Å². The molecule has 1 unspecified atom stereocenters. The SMILES string of the molecule is Cc1csc(CNC(C)c2cccc(F)c2F)n1. The number of rotatable bonds is 4. The molecule has 1 atom stereocenters. The Morgan fingerprint density at radius 2 is 2.17 bits per heavy atom. The first-order valence-electron chi connectivity index (χ1n) is 5.66. The summed E-state index contributed by atoms with van der Waals surface area (Å²) in [5.41, 5.74) is 1.31. The first-order chi connectivity index (χ1) is 8.58. The molecule has 0 radical (unpaired) electrons. The molecule has 1 heterocycles. The van der Waals surface area contributed by atoms with E-state index >= 15 is 0 Å². The average Bonchev–Trinajstić information content (AvgIpc) is 2.76. The molecule has 0 amide bonds. The van der Waals surface area contributed by atoms with E-state index in [-0.39, 0.29) is 6.04 Å². The zero-order valence-electron chi connectivity index (χ0n) is 10.2. The highest BCUT2D eigenvalue weighted by molar-refractivity contribution is 7.09. The molecule has 0 aliphatic carbocycles. The number of thiazole rings is 1. The molecule has 0 bridgehead atoms. The van der Waals surface area contributed by atoms with Crippen molar-refractivity contribution in [3.8, 4) is 0 Å². The molecule has 2 rings (SSSR count). The molecular formula is C13H14F2N2S. The Balaban J connectivity index is 2.03. The molecule has 0 fully saturated rings. The fourth-order valence-corrected chi connectivity index (χ4v) is 2.41. The summed E-state index contributed by atoms with van der Waals surface area (Å²) in [6, 6.07) is 3.96. The van der Waals surface area contributed by atoms with Crippen LogP contribution in [-0.4, -0.2) is 4.98 Å². The van der Waals surface area contributed by atoms with Crippen molar-refractivity contribution in [2.45, 2.75) is 26.4 Å². The van der Waals surface area contributed by atoms with Crippen LogP contribution in [0.5, 0.6) is 0 Å². The molecule has 0 spiro atoms. The second-order valence-electron chi connectivity index (χ2n) is 4.13.